The third-order valence-electron chi connectivity index (χ3n) is 6.96. The number of ether oxygens (including phenoxy) is 3. The number of carbonyl (C=O) groups excluding carboxylic acids is 1. The van der Waals surface area contributed by atoms with E-state index >= 15 is 0 Å². The summed E-state index contributed by atoms with van der Waals surface area (Å²) in [5.74, 6) is -0.401. The smallest absolute Gasteiger partial charge is 0.484 e. The molecule has 0 spiro atoms. The van der Waals surface area contributed by atoms with Gasteiger partial charge in [0.1, 0.15) is 5.75 Å². The molecule has 3 N–H and O–H groups in total. The van der Waals surface area contributed by atoms with Crippen molar-refractivity contribution in [2.24, 2.45) is 0 Å². The normalized spacial score (nSPS) is 29.0. The number of hydrogen-bond acceptors (Lipinski definition) is 6. The number of halogens is 2. The molecule has 7 nitrogen and oxygen atoms in total. The maximum Gasteiger partial charge on any atom is 0.586 e. The molecule has 9 heteroatoms. The summed E-state index contributed by atoms with van der Waals surface area (Å²) in [4.78, 5) is 12.6. The van der Waals surface area contributed by atoms with E-state index in [4.69, 9.17) is 4.74 Å². The number of nitrogens with one attached hydrogen (secondary N) is 2. The van der Waals surface area contributed by atoms with E-state index in [0.29, 0.717) is 19.3 Å². The van der Waals surface area contributed by atoms with E-state index in [9.17, 15) is 18.7 Å². The predicted octanol–water partition coefficient (Wildman–Crippen LogP) is 3.11. The van der Waals surface area contributed by atoms with Crippen molar-refractivity contribution < 1.29 is 32.9 Å². The number of rotatable bonds is 7. The minimum Gasteiger partial charge on any atom is -0.484 e. The molecule has 33 heavy (non-hydrogen) atoms. The lowest BCUT2D eigenvalue weighted by molar-refractivity contribution is -0.286. The Morgan fingerprint density at radius 2 is 1.79 bits per heavy atom. The molecule has 0 unspecified atom stereocenters. The van der Waals surface area contributed by atoms with Crippen molar-refractivity contribution in [3.05, 3.63) is 54.1 Å². The van der Waals surface area contributed by atoms with Crippen molar-refractivity contribution in [3.8, 4) is 17.2 Å². The van der Waals surface area contributed by atoms with E-state index in [1.807, 2.05) is 18.2 Å². The minimum atomic E-state index is -3.71. The van der Waals surface area contributed by atoms with E-state index in [2.05, 4.69) is 32.2 Å². The number of aliphatic hydroxyl groups excluding tert-OH is 1. The monoisotopic (exact) mass is 460 g/mol. The van der Waals surface area contributed by atoms with E-state index in [1.165, 1.54) is 23.8 Å². The Bertz CT molecular complexity index is 1020. The van der Waals surface area contributed by atoms with Gasteiger partial charge in [-0.15, -0.1) is 8.78 Å². The fourth-order valence-electron chi connectivity index (χ4n) is 5.10. The zero-order valence-electron chi connectivity index (χ0n) is 18.0. The van der Waals surface area contributed by atoms with E-state index in [0.717, 1.165) is 19.4 Å². The first kappa shape index (κ1) is 21.9. The summed E-state index contributed by atoms with van der Waals surface area (Å²) < 4.78 is 40.5. The quantitative estimate of drug-likeness (QED) is 0.589. The zero-order valence-corrected chi connectivity index (χ0v) is 18.0. The standard InChI is InChI=1S/C24H26F2N2O5/c25-24(26)32-18-7-6-17(12-19(18)33-24)31-15-21(30)28-23-10-8-22(9-11-23,13-20(23)29)27-14-16-4-2-1-3-5-16/h1-7,12,20,27,29H,8-11,13-15H2,(H,28,30)/t20-,22?,23?/m0/s1. The third kappa shape index (κ3) is 4.47. The van der Waals surface area contributed by atoms with E-state index in [1.54, 1.807) is 0 Å². The molecule has 1 amide bonds. The van der Waals surface area contributed by atoms with Gasteiger partial charge in [0.25, 0.3) is 5.91 Å². The van der Waals surface area contributed by atoms with Crippen LogP contribution in [-0.2, 0) is 11.3 Å². The first-order valence-corrected chi connectivity index (χ1v) is 11.1. The molecular formula is C24H26F2N2O5. The average Bonchev–Trinajstić information content (AvgIpc) is 3.11. The molecule has 2 aromatic rings. The van der Waals surface area contributed by atoms with Crippen molar-refractivity contribution in [1.29, 1.82) is 0 Å². The average molecular weight is 460 g/mol. The van der Waals surface area contributed by atoms with Crippen LogP contribution in [0.5, 0.6) is 17.2 Å². The molecule has 0 aromatic heterocycles. The summed E-state index contributed by atoms with van der Waals surface area (Å²) in [6.07, 6.45) is -0.761. The second-order valence-electron chi connectivity index (χ2n) is 9.11. The van der Waals surface area contributed by atoms with Gasteiger partial charge >= 0.3 is 6.29 Å². The lowest BCUT2D eigenvalue weighted by atomic mass is 9.60. The molecule has 2 bridgehead atoms. The minimum absolute atomic E-state index is 0.0902. The SMILES string of the molecule is O=C(COc1ccc2c(c1)OC(F)(F)O2)NC12CCC(NCc3ccccc3)(CC1)C[C@@H]2O. The van der Waals surface area contributed by atoms with Gasteiger partial charge in [-0.3, -0.25) is 4.79 Å². The van der Waals surface area contributed by atoms with E-state index < -0.39 is 17.9 Å². The molecule has 3 saturated carbocycles. The first-order valence-electron chi connectivity index (χ1n) is 11.1. The number of carbonyl (C=O) groups is 1. The van der Waals surface area contributed by atoms with Gasteiger partial charge in [0, 0.05) is 18.2 Å². The van der Waals surface area contributed by atoms with Gasteiger partial charge in [0.2, 0.25) is 0 Å². The summed E-state index contributed by atoms with van der Waals surface area (Å²) in [7, 11) is 0. The van der Waals surface area contributed by atoms with E-state index in [-0.39, 0.29) is 35.3 Å². The van der Waals surface area contributed by atoms with Gasteiger partial charge in [-0.05, 0) is 49.8 Å². The van der Waals surface area contributed by atoms with Crippen LogP contribution in [0, 0.1) is 0 Å². The van der Waals surface area contributed by atoms with Gasteiger partial charge in [-0.2, -0.15) is 0 Å². The maximum atomic E-state index is 13.1. The van der Waals surface area contributed by atoms with Gasteiger partial charge in [0.05, 0.1) is 11.6 Å². The molecule has 176 valence electrons. The highest BCUT2D eigenvalue weighted by Gasteiger charge is 2.54. The Balaban J connectivity index is 1.14. The van der Waals surface area contributed by atoms with Crippen molar-refractivity contribution >= 4 is 5.91 Å². The summed E-state index contributed by atoms with van der Waals surface area (Å²) in [6, 6.07) is 14.1. The number of amides is 1. The van der Waals surface area contributed by atoms with Crippen LogP contribution in [0.25, 0.3) is 0 Å². The van der Waals surface area contributed by atoms with Crippen molar-refractivity contribution in [1.82, 2.24) is 10.6 Å². The first-order chi connectivity index (χ1) is 15.8. The molecular weight excluding hydrogens is 434 g/mol. The number of aliphatic hydroxyl groups is 1. The van der Waals surface area contributed by atoms with Crippen LogP contribution in [0.4, 0.5) is 8.78 Å². The lowest BCUT2D eigenvalue weighted by Gasteiger charge is -2.56. The number of fused-ring (bicyclic) bond motifs is 4. The lowest BCUT2D eigenvalue weighted by Crippen LogP contribution is -2.69. The maximum absolute atomic E-state index is 13.1. The van der Waals surface area contributed by atoms with Gasteiger partial charge in [0.15, 0.2) is 18.1 Å². The molecule has 4 aliphatic rings. The topological polar surface area (TPSA) is 89.1 Å². The fourth-order valence-corrected chi connectivity index (χ4v) is 5.10. The number of hydrogen-bond donors (Lipinski definition) is 3. The van der Waals surface area contributed by atoms with Crippen LogP contribution < -0.4 is 24.8 Å². The molecule has 0 saturated heterocycles. The van der Waals surface area contributed by atoms with Gasteiger partial charge in [-0.1, -0.05) is 30.3 Å². The Hall–Kier alpha value is -2.91. The van der Waals surface area contributed by atoms with Crippen LogP contribution in [-0.4, -0.2) is 41.1 Å². The summed E-state index contributed by atoms with van der Waals surface area (Å²) in [6.45, 7) is 0.435. The molecule has 3 aliphatic carbocycles. The molecule has 1 heterocycles. The highest BCUT2D eigenvalue weighted by Crippen LogP contribution is 2.47. The van der Waals surface area contributed by atoms with Crippen molar-refractivity contribution in [2.45, 2.75) is 62.1 Å². The second kappa shape index (κ2) is 8.14. The van der Waals surface area contributed by atoms with Crippen LogP contribution in [0.1, 0.15) is 37.7 Å². The van der Waals surface area contributed by atoms with Gasteiger partial charge < -0.3 is 30.0 Å². The van der Waals surface area contributed by atoms with Crippen molar-refractivity contribution in [3.63, 3.8) is 0 Å². The van der Waals surface area contributed by atoms with Gasteiger partial charge in [-0.25, -0.2) is 0 Å². The molecule has 1 aliphatic heterocycles. The molecule has 1 atom stereocenters. The predicted molar refractivity (Wildman–Crippen MR) is 114 cm³/mol. The highest BCUT2D eigenvalue weighted by atomic mass is 19.3. The Morgan fingerprint density at radius 1 is 1.06 bits per heavy atom. The number of alkyl halides is 2. The Morgan fingerprint density at radius 3 is 2.52 bits per heavy atom. The van der Waals surface area contributed by atoms with Crippen LogP contribution in [0.3, 0.4) is 0 Å². The Kier molecular flexibility index (Phi) is 5.41. The largest absolute Gasteiger partial charge is 0.586 e. The molecule has 6 rings (SSSR count). The second-order valence-corrected chi connectivity index (χ2v) is 9.11. The van der Waals surface area contributed by atoms with Crippen LogP contribution in [0.2, 0.25) is 0 Å². The highest BCUT2D eigenvalue weighted by molar-refractivity contribution is 5.78. The van der Waals surface area contributed by atoms with Crippen molar-refractivity contribution in [2.75, 3.05) is 6.61 Å². The fraction of sp³-hybridized carbons (Fsp3) is 0.458. The number of benzene rings is 2. The summed E-state index contributed by atoms with van der Waals surface area (Å²) >= 11 is 0. The third-order valence-corrected chi connectivity index (χ3v) is 6.96. The zero-order chi connectivity index (χ0) is 23.1. The summed E-state index contributed by atoms with van der Waals surface area (Å²) in [5, 5.41) is 17.5. The Labute approximate surface area is 190 Å². The molecule has 3 fully saturated rings. The molecule has 0 radical (unpaired) electrons. The molecule has 2 aromatic carbocycles. The summed E-state index contributed by atoms with van der Waals surface area (Å²) in [5.41, 5.74) is 0.391. The van der Waals surface area contributed by atoms with Crippen LogP contribution >= 0.6 is 0 Å². The van der Waals surface area contributed by atoms with Crippen LogP contribution in [0.15, 0.2) is 48.5 Å².